The number of hydrogen-bond acceptors (Lipinski definition) is 3. The van der Waals surface area contributed by atoms with E-state index in [1.54, 1.807) is 16.7 Å². The molecule has 0 spiro atoms. The highest BCUT2D eigenvalue weighted by Gasteiger charge is 2.24. The number of H-pyrrole nitrogens is 1. The van der Waals surface area contributed by atoms with Gasteiger partial charge < -0.3 is 10.1 Å². The average molecular weight is 386 g/mol. The van der Waals surface area contributed by atoms with Crippen molar-refractivity contribution in [2.24, 2.45) is 0 Å². The van der Waals surface area contributed by atoms with Gasteiger partial charge in [0.2, 0.25) is 0 Å². The van der Waals surface area contributed by atoms with Crippen molar-refractivity contribution in [1.82, 2.24) is 14.5 Å². The van der Waals surface area contributed by atoms with E-state index in [9.17, 15) is 14.7 Å². The maximum atomic E-state index is 12.5. The number of likely N-dealkylation sites (tertiary alicyclic amines) is 1. The summed E-state index contributed by atoms with van der Waals surface area (Å²) in [6.07, 6.45) is 1.66. The number of aromatic amines is 1. The molecule has 7 heteroatoms. The minimum Gasteiger partial charge on any atom is -0.478 e. The van der Waals surface area contributed by atoms with Gasteiger partial charge in [0.1, 0.15) is 0 Å². The molecule has 1 aliphatic rings. The molecule has 3 aromatic rings. The van der Waals surface area contributed by atoms with Crippen LogP contribution in [-0.2, 0) is 6.54 Å². The molecule has 0 radical (unpaired) electrons. The van der Waals surface area contributed by atoms with Gasteiger partial charge in [-0.2, -0.15) is 0 Å². The summed E-state index contributed by atoms with van der Waals surface area (Å²) in [4.78, 5) is 28.9. The normalized spacial score (nSPS) is 16.0. The van der Waals surface area contributed by atoms with Gasteiger partial charge in [0.25, 0.3) is 0 Å². The largest absolute Gasteiger partial charge is 0.478 e. The van der Waals surface area contributed by atoms with Crippen molar-refractivity contribution in [2.45, 2.75) is 25.4 Å². The van der Waals surface area contributed by atoms with Crippen molar-refractivity contribution in [3.8, 4) is 0 Å². The molecule has 140 valence electrons. The Kier molecular flexibility index (Phi) is 4.76. The summed E-state index contributed by atoms with van der Waals surface area (Å²) in [6.45, 7) is 2.50. The summed E-state index contributed by atoms with van der Waals surface area (Å²) < 4.78 is 1.72. The molecule has 0 saturated carbocycles. The molecule has 0 unspecified atom stereocenters. The van der Waals surface area contributed by atoms with E-state index in [2.05, 4.69) is 9.88 Å². The molecule has 1 aliphatic heterocycles. The smallest absolute Gasteiger partial charge is 0.335 e. The quantitative estimate of drug-likeness (QED) is 0.720. The predicted octanol–water partition coefficient (Wildman–Crippen LogP) is 3.52. The number of carboxylic acids is 1. The second-order valence-corrected chi connectivity index (χ2v) is 7.34. The first-order chi connectivity index (χ1) is 13.0. The molecule has 27 heavy (non-hydrogen) atoms. The molecule has 2 N–H and O–H groups in total. The van der Waals surface area contributed by atoms with E-state index in [1.165, 1.54) is 6.07 Å². The van der Waals surface area contributed by atoms with E-state index in [1.807, 2.05) is 24.3 Å². The zero-order valence-corrected chi connectivity index (χ0v) is 15.4. The Bertz CT molecular complexity index is 1050. The number of piperidine rings is 1. The van der Waals surface area contributed by atoms with Crippen molar-refractivity contribution in [3.05, 3.63) is 69.1 Å². The van der Waals surface area contributed by atoms with Crippen molar-refractivity contribution in [2.75, 3.05) is 13.1 Å². The minimum atomic E-state index is -0.994. The van der Waals surface area contributed by atoms with E-state index in [0.29, 0.717) is 11.0 Å². The number of nitrogens with zero attached hydrogens (tertiary/aromatic N) is 2. The second kappa shape index (κ2) is 7.21. The van der Waals surface area contributed by atoms with Crippen LogP contribution in [-0.4, -0.2) is 38.6 Å². The summed E-state index contributed by atoms with van der Waals surface area (Å²) in [6, 6.07) is 12.6. The number of carbonyl (C=O) groups is 1. The van der Waals surface area contributed by atoms with Crippen LogP contribution >= 0.6 is 11.6 Å². The number of aromatic nitrogens is 2. The molecule has 0 amide bonds. The lowest BCUT2D eigenvalue weighted by Crippen LogP contribution is -2.36. The Labute approximate surface area is 161 Å². The van der Waals surface area contributed by atoms with Gasteiger partial charge in [-0.3, -0.25) is 9.47 Å². The number of halogens is 1. The summed E-state index contributed by atoms with van der Waals surface area (Å²) >= 11 is 6.26. The lowest BCUT2D eigenvalue weighted by atomic mass is 10.0. The van der Waals surface area contributed by atoms with E-state index in [-0.39, 0.29) is 17.3 Å². The molecule has 0 atom stereocenters. The van der Waals surface area contributed by atoms with Crippen LogP contribution in [0.4, 0.5) is 0 Å². The van der Waals surface area contributed by atoms with Crippen molar-refractivity contribution in [1.29, 1.82) is 0 Å². The average Bonchev–Trinajstić information content (AvgIpc) is 2.99. The van der Waals surface area contributed by atoms with Gasteiger partial charge in [-0.05, 0) is 42.7 Å². The molecule has 2 heterocycles. The SMILES string of the molecule is O=C(O)c1ccc2[nH]c(=O)n(C3CCN(Cc4ccccc4Cl)CC3)c2c1. The number of fused-ring (bicyclic) bond motifs is 1. The maximum absolute atomic E-state index is 12.5. The summed E-state index contributed by atoms with van der Waals surface area (Å²) in [5, 5.41) is 10.0. The van der Waals surface area contributed by atoms with Gasteiger partial charge in [-0.15, -0.1) is 0 Å². The minimum absolute atomic E-state index is 0.0535. The van der Waals surface area contributed by atoms with Crippen molar-refractivity contribution >= 4 is 28.6 Å². The molecule has 6 nitrogen and oxygen atoms in total. The number of nitrogens with one attached hydrogen (secondary N) is 1. The third-order valence-corrected chi connectivity index (χ3v) is 5.61. The number of aromatic carboxylic acids is 1. The van der Waals surface area contributed by atoms with Crippen LogP contribution in [0.15, 0.2) is 47.3 Å². The molecule has 4 rings (SSSR count). The molecule has 2 aromatic carbocycles. The highest BCUT2D eigenvalue weighted by Crippen LogP contribution is 2.27. The summed E-state index contributed by atoms with van der Waals surface area (Å²) in [5.41, 5.74) is 2.43. The Balaban J connectivity index is 1.53. The van der Waals surface area contributed by atoms with Gasteiger partial charge in [-0.1, -0.05) is 29.8 Å². The van der Waals surface area contributed by atoms with Crippen LogP contribution in [0.2, 0.25) is 5.02 Å². The van der Waals surface area contributed by atoms with Crippen LogP contribution in [0.5, 0.6) is 0 Å². The van der Waals surface area contributed by atoms with Gasteiger partial charge in [-0.25, -0.2) is 9.59 Å². The monoisotopic (exact) mass is 385 g/mol. The fourth-order valence-electron chi connectivity index (χ4n) is 3.82. The second-order valence-electron chi connectivity index (χ2n) is 6.94. The third kappa shape index (κ3) is 3.50. The van der Waals surface area contributed by atoms with E-state index in [0.717, 1.165) is 43.1 Å². The highest BCUT2D eigenvalue weighted by molar-refractivity contribution is 6.31. The number of benzene rings is 2. The number of carboxylic acid groups (broad SMARTS) is 1. The van der Waals surface area contributed by atoms with Gasteiger partial charge >= 0.3 is 11.7 Å². The van der Waals surface area contributed by atoms with E-state index >= 15 is 0 Å². The highest BCUT2D eigenvalue weighted by atomic mass is 35.5. The molecule has 0 bridgehead atoms. The molecular formula is C20H20ClN3O3. The first-order valence-electron chi connectivity index (χ1n) is 8.96. The Morgan fingerprint density at radius 2 is 1.93 bits per heavy atom. The third-order valence-electron chi connectivity index (χ3n) is 5.24. The van der Waals surface area contributed by atoms with Crippen LogP contribution in [0.3, 0.4) is 0 Å². The standard InChI is InChI=1S/C20H20ClN3O3/c21-16-4-2-1-3-14(16)12-23-9-7-15(8-10-23)24-18-11-13(19(25)26)5-6-17(18)22-20(24)27/h1-6,11,15H,7-10,12H2,(H,22,27)(H,25,26). The zero-order chi connectivity index (χ0) is 19.0. The summed E-state index contributed by atoms with van der Waals surface area (Å²) in [7, 11) is 0. The van der Waals surface area contributed by atoms with E-state index in [4.69, 9.17) is 11.6 Å². The van der Waals surface area contributed by atoms with Crippen molar-refractivity contribution in [3.63, 3.8) is 0 Å². The number of imidazole rings is 1. The van der Waals surface area contributed by atoms with Crippen LogP contribution in [0.25, 0.3) is 11.0 Å². The Hall–Kier alpha value is -2.57. The van der Waals surface area contributed by atoms with Gasteiger partial charge in [0.15, 0.2) is 0 Å². The predicted molar refractivity (Wildman–Crippen MR) is 105 cm³/mol. The zero-order valence-electron chi connectivity index (χ0n) is 14.7. The fourth-order valence-corrected chi connectivity index (χ4v) is 4.02. The first kappa shape index (κ1) is 17.8. The molecule has 1 fully saturated rings. The number of hydrogen-bond donors (Lipinski definition) is 2. The molecular weight excluding hydrogens is 366 g/mol. The lowest BCUT2D eigenvalue weighted by molar-refractivity contribution is 0.0697. The Morgan fingerprint density at radius 3 is 2.63 bits per heavy atom. The van der Waals surface area contributed by atoms with E-state index < -0.39 is 5.97 Å². The lowest BCUT2D eigenvalue weighted by Gasteiger charge is -2.32. The maximum Gasteiger partial charge on any atom is 0.335 e. The fraction of sp³-hybridized carbons (Fsp3) is 0.300. The number of rotatable bonds is 4. The van der Waals surface area contributed by atoms with Crippen LogP contribution in [0.1, 0.15) is 34.8 Å². The molecule has 0 aliphatic carbocycles. The molecule has 1 saturated heterocycles. The Morgan fingerprint density at radius 1 is 1.19 bits per heavy atom. The summed E-state index contributed by atoms with van der Waals surface area (Å²) in [5.74, 6) is -0.994. The van der Waals surface area contributed by atoms with Gasteiger partial charge in [0, 0.05) is 30.7 Å². The van der Waals surface area contributed by atoms with Crippen molar-refractivity contribution < 1.29 is 9.90 Å². The topological polar surface area (TPSA) is 78.3 Å². The molecule has 1 aromatic heterocycles. The van der Waals surface area contributed by atoms with Gasteiger partial charge in [0.05, 0.1) is 16.6 Å². The van der Waals surface area contributed by atoms with Crippen LogP contribution < -0.4 is 5.69 Å². The first-order valence-corrected chi connectivity index (χ1v) is 9.34. The van der Waals surface area contributed by atoms with Crippen LogP contribution in [0, 0.1) is 0 Å².